The molecule has 0 bridgehead atoms. The van der Waals surface area contributed by atoms with Gasteiger partial charge in [0.1, 0.15) is 0 Å². The van der Waals surface area contributed by atoms with E-state index in [0.29, 0.717) is 6.42 Å². The predicted molar refractivity (Wildman–Crippen MR) is 141 cm³/mol. The second-order valence-electron chi connectivity index (χ2n) is 12.7. The predicted octanol–water partition coefficient (Wildman–Crippen LogP) is 8.43. The highest BCUT2D eigenvalue weighted by Gasteiger charge is 2.35. The third-order valence-electron chi connectivity index (χ3n) is 7.32. The molecule has 0 aromatic heterocycles. The molecule has 1 aliphatic heterocycles. The van der Waals surface area contributed by atoms with Crippen molar-refractivity contribution in [2.24, 2.45) is 5.92 Å². The molecular formula is C28H46F3NO2Si. The van der Waals surface area contributed by atoms with E-state index in [0.717, 1.165) is 38.3 Å². The summed E-state index contributed by atoms with van der Waals surface area (Å²) in [4.78, 5) is 14.0. The van der Waals surface area contributed by atoms with E-state index in [4.69, 9.17) is 0 Å². The van der Waals surface area contributed by atoms with Crippen LogP contribution in [0.1, 0.15) is 89.3 Å². The van der Waals surface area contributed by atoms with Gasteiger partial charge in [-0.25, -0.2) is 0 Å². The van der Waals surface area contributed by atoms with Crippen LogP contribution < -0.4 is 0 Å². The minimum atomic E-state index is -4.10. The summed E-state index contributed by atoms with van der Waals surface area (Å²) < 4.78 is 38.2. The highest BCUT2D eigenvalue weighted by molar-refractivity contribution is 6.76. The van der Waals surface area contributed by atoms with E-state index in [1.54, 1.807) is 0 Å². The van der Waals surface area contributed by atoms with Gasteiger partial charge < -0.3 is 5.11 Å². The number of aliphatic carboxylic acids is 1. The van der Waals surface area contributed by atoms with Crippen LogP contribution in [0.4, 0.5) is 13.2 Å². The van der Waals surface area contributed by atoms with Crippen molar-refractivity contribution in [3.63, 3.8) is 0 Å². The van der Waals surface area contributed by atoms with Crippen molar-refractivity contribution >= 4 is 14.0 Å². The Bertz CT molecular complexity index is 796. The van der Waals surface area contributed by atoms with Gasteiger partial charge in [-0.15, -0.1) is 0 Å². The number of hydrogen-bond acceptors (Lipinski definition) is 2. The molecule has 0 radical (unpaired) electrons. The van der Waals surface area contributed by atoms with Crippen LogP contribution in [0, 0.1) is 5.92 Å². The van der Waals surface area contributed by atoms with E-state index in [-0.39, 0.29) is 36.3 Å². The number of alkyl halides is 3. The molecule has 0 amide bonds. The first-order valence-electron chi connectivity index (χ1n) is 13.2. The minimum absolute atomic E-state index is 0.0506. The molecule has 0 unspecified atom stereocenters. The van der Waals surface area contributed by atoms with Crippen LogP contribution in [-0.2, 0) is 10.2 Å². The summed E-state index contributed by atoms with van der Waals surface area (Å²) in [5.74, 6) is -0.633. The molecule has 0 spiro atoms. The van der Waals surface area contributed by atoms with Gasteiger partial charge in [-0.1, -0.05) is 77.1 Å². The second-order valence-corrected chi connectivity index (χ2v) is 18.3. The SMILES string of the molecule is CC(C)(C)c1ccc([C@@H]2C[C@H](CC(=O)O)CCN2[C@H](CCCCC(F)(F)F)CC[Si](C)(C)C)cc1. The summed E-state index contributed by atoms with van der Waals surface area (Å²) in [6.45, 7) is 14.4. The van der Waals surface area contributed by atoms with E-state index < -0.39 is 26.6 Å². The molecule has 0 saturated carbocycles. The zero-order chi connectivity index (χ0) is 26.4. The number of hydrogen-bond donors (Lipinski definition) is 1. The molecule has 1 aromatic carbocycles. The zero-order valence-corrected chi connectivity index (χ0v) is 23.5. The number of benzene rings is 1. The summed E-state index contributed by atoms with van der Waals surface area (Å²) in [5.41, 5.74) is 2.50. The minimum Gasteiger partial charge on any atom is -0.481 e. The molecule has 3 atom stereocenters. The van der Waals surface area contributed by atoms with Gasteiger partial charge in [0, 0.05) is 33.0 Å². The Morgan fingerprint density at radius 2 is 1.71 bits per heavy atom. The zero-order valence-electron chi connectivity index (χ0n) is 22.5. The maximum atomic E-state index is 12.7. The molecule has 2 rings (SSSR count). The molecule has 3 nitrogen and oxygen atoms in total. The van der Waals surface area contributed by atoms with Crippen molar-refractivity contribution < 1.29 is 23.1 Å². The van der Waals surface area contributed by atoms with Crippen LogP contribution in [0.15, 0.2) is 24.3 Å². The largest absolute Gasteiger partial charge is 0.481 e. The summed E-state index contributed by atoms with van der Waals surface area (Å²) in [6, 6.07) is 10.2. The van der Waals surface area contributed by atoms with Gasteiger partial charge in [0.05, 0.1) is 0 Å². The normalized spacial score (nSPS) is 21.2. The average molecular weight is 514 g/mol. The quantitative estimate of drug-likeness (QED) is 0.238. The molecule has 1 N–H and O–H groups in total. The number of likely N-dealkylation sites (tertiary alicyclic amines) is 1. The molecule has 1 heterocycles. The van der Waals surface area contributed by atoms with E-state index in [2.05, 4.69) is 69.6 Å². The lowest BCUT2D eigenvalue weighted by Gasteiger charge is -2.45. The van der Waals surface area contributed by atoms with Crippen LogP contribution in [0.2, 0.25) is 25.7 Å². The molecule has 1 fully saturated rings. The van der Waals surface area contributed by atoms with Crippen molar-refractivity contribution in [2.75, 3.05) is 6.54 Å². The van der Waals surface area contributed by atoms with Crippen molar-refractivity contribution in [3.05, 3.63) is 35.4 Å². The van der Waals surface area contributed by atoms with Crippen molar-refractivity contribution in [1.29, 1.82) is 0 Å². The molecule has 1 saturated heterocycles. The number of rotatable bonds is 11. The number of unbranched alkanes of at least 4 members (excludes halogenated alkanes) is 1. The highest BCUT2D eigenvalue weighted by Crippen LogP contribution is 2.40. The third-order valence-corrected chi connectivity index (χ3v) is 9.11. The Labute approximate surface area is 211 Å². The first kappa shape index (κ1) is 29.9. The summed E-state index contributed by atoms with van der Waals surface area (Å²) >= 11 is 0. The summed E-state index contributed by atoms with van der Waals surface area (Å²) in [7, 11) is -1.31. The lowest BCUT2D eigenvalue weighted by molar-refractivity contribution is -0.139. The number of carboxylic acid groups (broad SMARTS) is 1. The van der Waals surface area contributed by atoms with Crippen molar-refractivity contribution in [3.8, 4) is 0 Å². The Kier molecular flexibility index (Phi) is 10.5. The van der Waals surface area contributed by atoms with E-state index in [9.17, 15) is 23.1 Å². The number of carbonyl (C=O) groups is 1. The summed E-state index contributed by atoms with van der Waals surface area (Å²) in [6.07, 6.45) is -0.513. The molecule has 1 aliphatic rings. The fourth-order valence-corrected chi connectivity index (χ4v) is 6.44. The van der Waals surface area contributed by atoms with Gasteiger partial charge in [-0.05, 0) is 61.1 Å². The Morgan fingerprint density at radius 3 is 2.23 bits per heavy atom. The number of piperidine rings is 1. The van der Waals surface area contributed by atoms with Gasteiger partial charge in [0.25, 0.3) is 0 Å². The lowest BCUT2D eigenvalue weighted by atomic mass is 9.82. The fraction of sp³-hybridized carbons (Fsp3) is 0.750. The molecular weight excluding hydrogens is 467 g/mol. The highest BCUT2D eigenvalue weighted by atomic mass is 28.3. The number of nitrogens with zero attached hydrogens (tertiary/aromatic N) is 1. The number of carboxylic acids is 1. The van der Waals surface area contributed by atoms with Gasteiger partial charge in [0.15, 0.2) is 0 Å². The van der Waals surface area contributed by atoms with Crippen LogP contribution in [0.5, 0.6) is 0 Å². The monoisotopic (exact) mass is 513 g/mol. The van der Waals surface area contributed by atoms with Crippen molar-refractivity contribution in [1.82, 2.24) is 4.90 Å². The second kappa shape index (κ2) is 12.3. The van der Waals surface area contributed by atoms with Crippen LogP contribution in [0.25, 0.3) is 0 Å². The van der Waals surface area contributed by atoms with E-state index in [1.807, 2.05) is 0 Å². The molecule has 0 aliphatic carbocycles. The Hall–Kier alpha value is -1.34. The first-order valence-corrected chi connectivity index (χ1v) is 16.9. The smallest absolute Gasteiger partial charge is 0.389 e. The molecule has 35 heavy (non-hydrogen) atoms. The first-order chi connectivity index (χ1) is 16.0. The standard InChI is InChI=1S/C28H46F3NO2Si/c1-27(2,3)23-12-10-22(11-13-23)25-19-21(20-26(33)34)14-17-32(25)24(15-18-35(4,5)6)9-7-8-16-28(29,30)31/h10-13,21,24-25H,7-9,14-20H2,1-6H3,(H,33,34)/t21-,24-,25+/m1/s1. The average Bonchev–Trinajstić information content (AvgIpc) is 2.71. The van der Waals surface area contributed by atoms with E-state index in [1.165, 1.54) is 11.1 Å². The summed E-state index contributed by atoms with van der Waals surface area (Å²) in [5, 5.41) is 9.41. The van der Waals surface area contributed by atoms with Crippen LogP contribution in [-0.4, -0.2) is 42.8 Å². The third kappa shape index (κ3) is 10.7. The topological polar surface area (TPSA) is 40.5 Å². The van der Waals surface area contributed by atoms with Gasteiger partial charge in [0.2, 0.25) is 0 Å². The maximum absolute atomic E-state index is 12.7. The van der Waals surface area contributed by atoms with E-state index >= 15 is 0 Å². The number of halogens is 3. The molecule has 7 heteroatoms. The lowest BCUT2D eigenvalue weighted by Crippen LogP contribution is -2.44. The van der Waals surface area contributed by atoms with Crippen molar-refractivity contribution in [2.45, 2.75) is 121 Å². The Morgan fingerprint density at radius 1 is 1.09 bits per heavy atom. The van der Waals surface area contributed by atoms with Gasteiger partial charge in [-0.3, -0.25) is 9.69 Å². The van der Waals surface area contributed by atoms with Gasteiger partial charge in [-0.2, -0.15) is 13.2 Å². The fourth-order valence-electron chi connectivity index (χ4n) is 5.24. The van der Waals surface area contributed by atoms with Crippen LogP contribution in [0.3, 0.4) is 0 Å². The molecule has 200 valence electrons. The van der Waals surface area contributed by atoms with Gasteiger partial charge >= 0.3 is 12.1 Å². The Balaban J connectivity index is 2.28. The maximum Gasteiger partial charge on any atom is 0.389 e. The van der Waals surface area contributed by atoms with Crippen LogP contribution >= 0.6 is 0 Å². The molecule has 1 aromatic rings.